The third-order valence-corrected chi connectivity index (χ3v) is 3.03. The lowest BCUT2D eigenvalue weighted by Gasteiger charge is -2.38. The molecule has 0 aromatic carbocycles. The summed E-state index contributed by atoms with van der Waals surface area (Å²) in [6.45, 7) is 5.09. The number of carbonyl (C=O) groups is 1. The molecule has 0 aromatic rings. The fraction of sp³-hybridized carbons (Fsp3) is 0.909. The van der Waals surface area contributed by atoms with E-state index in [2.05, 4.69) is 4.90 Å². The van der Waals surface area contributed by atoms with Crippen LogP contribution in [0, 0.1) is 5.92 Å². The molecular weight excluding hydrogens is 194 g/mol. The first-order valence-corrected chi connectivity index (χ1v) is 5.58. The summed E-state index contributed by atoms with van der Waals surface area (Å²) in [7, 11) is 2.03. The maximum Gasteiger partial charge on any atom is 0.302 e. The Bertz CT molecular complexity index is 220. The number of piperidine rings is 1. The van der Waals surface area contributed by atoms with Crippen molar-refractivity contribution < 1.29 is 14.6 Å². The normalized spacial score (nSPS) is 29.9. The van der Waals surface area contributed by atoms with Gasteiger partial charge in [0.1, 0.15) is 6.10 Å². The lowest BCUT2D eigenvalue weighted by molar-refractivity contribution is -0.155. The number of hydrogen-bond donors (Lipinski definition) is 1. The third-order valence-electron chi connectivity index (χ3n) is 3.03. The number of ether oxygens (including phenoxy) is 1. The molecular formula is C11H21NO3. The molecule has 0 aromatic heterocycles. The minimum atomic E-state index is -0.378. The standard InChI is InChI=1S/C11H21NO3/c1-4-10(14)9-7-12(3)6-5-11(9)15-8(2)13/h9-11,14H,4-7H2,1-3H3. The van der Waals surface area contributed by atoms with Crippen molar-refractivity contribution in [3.8, 4) is 0 Å². The van der Waals surface area contributed by atoms with Gasteiger partial charge in [-0.15, -0.1) is 0 Å². The summed E-state index contributed by atoms with van der Waals surface area (Å²) in [6, 6.07) is 0. The number of hydrogen-bond acceptors (Lipinski definition) is 4. The van der Waals surface area contributed by atoms with Gasteiger partial charge in [0, 0.05) is 25.9 Å². The van der Waals surface area contributed by atoms with E-state index < -0.39 is 0 Å². The molecule has 3 atom stereocenters. The van der Waals surface area contributed by atoms with Gasteiger partial charge in [-0.3, -0.25) is 4.79 Å². The zero-order valence-electron chi connectivity index (χ0n) is 9.77. The molecule has 1 saturated heterocycles. The van der Waals surface area contributed by atoms with E-state index in [1.54, 1.807) is 0 Å². The van der Waals surface area contributed by atoms with Crippen LogP contribution in [-0.4, -0.2) is 48.3 Å². The Kier molecular flexibility index (Phi) is 4.54. The molecule has 88 valence electrons. The van der Waals surface area contributed by atoms with E-state index in [9.17, 15) is 9.90 Å². The van der Waals surface area contributed by atoms with Crippen LogP contribution >= 0.6 is 0 Å². The summed E-state index contributed by atoms with van der Waals surface area (Å²) >= 11 is 0. The van der Waals surface area contributed by atoms with Crippen molar-refractivity contribution in [2.24, 2.45) is 5.92 Å². The molecule has 1 N–H and O–H groups in total. The van der Waals surface area contributed by atoms with Crippen molar-refractivity contribution in [2.75, 3.05) is 20.1 Å². The van der Waals surface area contributed by atoms with Crippen molar-refractivity contribution >= 4 is 5.97 Å². The van der Waals surface area contributed by atoms with Crippen LogP contribution in [0.2, 0.25) is 0 Å². The molecule has 0 radical (unpaired) electrons. The molecule has 1 rings (SSSR count). The van der Waals surface area contributed by atoms with Gasteiger partial charge in [0.15, 0.2) is 0 Å². The number of likely N-dealkylation sites (tertiary alicyclic amines) is 1. The van der Waals surface area contributed by atoms with Crippen LogP contribution in [0.25, 0.3) is 0 Å². The van der Waals surface area contributed by atoms with Crippen molar-refractivity contribution in [2.45, 2.75) is 38.9 Å². The highest BCUT2D eigenvalue weighted by Crippen LogP contribution is 2.24. The Hall–Kier alpha value is -0.610. The third kappa shape index (κ3) is 3.47. The minimum absolute atomic E-state index is 0.0534. The quantitative estimate of drug-likeness (QED) is 0.702. The maximum atomic E-state index is 10.9. The predicted molar refractivity (Wildman–Crippen MR) is 57.5 cm³/mol. The van der Waals surface area contributed by atoms with Crippen molar-refractivity contribution in [1.29, 1.82) is 0 Å². The number of nitrogens with zero attached hydrogens (tertiary/aromatic N) is 1. The average molecular weight is 215 g/mol. The minimum Gasteiger partial charge on any atom is -0.462 e. The smallest absolute Gasteiger partial charge is 0.302 e. The second kappa shape index (κ2) is 5.47. The highest BCUT2D eigenvalue weighted by molar-refractivity contribution is 5.66. The molecule has 4 nitrogen and oxygen atoms in total. The van der Waals surface area contributed by atoms with Gasteiger partial charge in [0.05, 0.1) is 6.10 Å². The monoisotopic (exact) mass is 215 g/mol. The van der Waals surface area contributed by atoms with Crippen LogP contribution < -0.4 is 0 Å². The summed E-state index contributed by atoms with van der Waals surface area (Å²) < 4.78 is 5.25. The van der Waals surface area contributed by atoms with Crippen LogP contribution in [0.4, 0.5) is 0 Å². The largest absolute Gasteiger partial charge is 0.462 e. The lowest BCUT2D eigenvalue weighted by atomic mass is 9.88. The summed E-state index contributed by atoms with van der Waals surface area (Å²) in [5.74, 6) is -0.199. The fourth-order valence-electron chi connectivity index (χ4n) is 2.16. The highest BCUT2D eigenvalue weighted by atomic mass is 16.5. The molecule has 1 aliphatic rings. The lowest BCUT2D eigenvalue weighted by Crippen LogP contribution is -2.47. The van der Waals surface area contributed by atoms with E-state index in [1.807, 2.05) is 14.0 Å². The Morgan fingerprint density at radius 1 is 1.67 bits per heavy atom. The Morgan fingerprint density at radius 3 is 2.87 bits per heavy atom. The van der Waals surface area contributed by atoms with Gasteiger partial charge in [-0.05, 0) is 19.9 Å². The van der Waals surface area contributed by atoms with Gasteiger partial charge in [0.2, 0.25) is 0 Å². The molecule has 1 aliphatic heterocycles. The van der Waals surface area contributed by atoms with Gasteiger partial charge in [-0.1, -0.05) is 6.92 Å². The maximum absolute atomic E-state index is 10.9. The van der Waals surface area contributed by atoms with Crippen LogP contribution in [0.1, 0.15) is 26.7 Å². The average Bonchev–Trinajstić information content (AvgIpc) is 2.19. The van der Waals surface area contributed by atoms with E-state index in [4.69, 9.17) is 4.74 Å². The van der Waals surface area contributed by atoms with E-state index in [-0.39, 0.29) is 24.1 Å². The van der Waals surface area contributed by atoms with Gasteiger partial charge < -0.3 is 14.7 Å². The van der Waals surface area contributed by atoms with Gasteiger partial charge in [-0.25, -0.2) is 0 Å². The molecule has 3 unspecified atom stereocenters. The molecule has 15 heavy (non-hydrogen) atoms. The molecule has 0 aliphatic carbocycles. The first-order chi connectivity index (χ1) is 7.04. The molecule has 0 spiro atoms. The first-order valence-electron chi connectivity index (χ1n) is 5.58. The topological polar surface area (TPSA) is 49.8 Å². The van der Waals surface area contributed by atoms with Gasteiger partial charge >= 0.3 is 5.97 Å². The highest BCUT2D eigenvalue weighted by Gasteiger charge is 2.34. The van der Waals surface area contributed by atoms with Crippen molar-refractivity contribution in [1.82, 2.24) is 4.90 Å². The summed E-state index contributed by atoms with van der Waals surface area (Å²) in [5.41, 5.74) is 0. The summed E-state index contributed by atoms with van der Waals surface area (Å²) in [4.78, 5) is 13.1. The van der Waals surface area contributed by atoms with Crippen molar-refractivity contribution in [3.05, 3.63) is 0 Å². The molecule has 0 amide bonds. The number of aliphatic hydroxyl groups is 1. The Balaban J connectivity index is 2.61. The summed E-state index contributed by atoms with van der Waals surface area (Å²) in [6.07, 6.45) is 1.03. The number of carbonyl (C=O) groups excluding carboxylic acids is 1. The van der Waals surface area contributed by atoms with E-state index >= 15 is 0 Å². The van der Waals surface area contributed by atoms with Gasteiger partial charge in [0.25, 0.3) is 0 Å². The fourth-order valence-corrected chi connectivity index (χ4v) is 2.16. The Labute approximate surface area is 91.2 Å². The number of rotatable bonds is 3. The molecule has 4 heteroatoms. The molecule has 1 fully saturated rings. The second-order valence-corrected chi connectivity index (χ2v) is 4.34. The predicted octanol–water partition coefficient (Wildman–Crippen LogP) is 0.641. The Morgan fingerprint density at radius 2 is 2.33 bits per heavy atom. The van der Waals surface area contributed by atoms with Crippen LogP contribution in [0.3, 0.4) is 0 Å². The first kappa shape index (κ1) is 12.5. The van der Waals surface area contributed by atoms with Crippen molar-refractivity contribution in [3.63, 3.8) is 0 Å². The second-order valence-electron chi connectivity index (χ2n) is 4.34. The number of esters is 1. The van der Waals surface area contributed by atoms with E-state index in [0.717, 1.165) is 19.5 Å². The van der Waals surface area contributed by atoms with Crippen LogP contribution in [0.15, 0.2) is 0 Å². The molecule has 1 heterocycles. The van der Waals surface area contributed by atoms with Gasteiger partial charge in [-0.2, -0.15) is 0 Å². The SMILES string of the molecule is CCC(O)C1CN(C)CCC1OC(C)=O. The van der Waals surface area contributed by atoms with E-state index in [0.29, 0.717) is 6.42 Å². The van der Waals surface area contributed by atoms with E-state index in [1.165, 1.54) is 6.92 Å². The van der Waals surface area contributed by atoms with Crippen LogP contribution in [0.5, 0.6) is 0 Å². The zero-order valence-corrected chi connectivity index (χ0v) is 9.77. The van der Waals surface area contributed by atoms with Crippen LogP contribution in [-0.2, 0) is 9.53 Å². The zero-order chi connectivity index (χ0) is 11.4. The number of aliphatic hydroxyl groups excluding tert-OH is 1. The molecule has 0 saturated carbocycles. The summed E-state index contributed by atoms with van der Waals surface area (Å²) in [5, 5.41) is 9.87. The molecule has 0 bridgehead atoms.